The van der Waals surface area contributed by atoms with Crippen molar-refractivity contribution in [3.8, 4) is 0 Å². The topological polar surface area (TPSA) is 144 Å². The Morgan fingerprint density at radius 1 is 1.10 bits per heavy atom. The van der Waals surface area contributed by atoms with Gasteiger partial charge in [-0.05, 0) is 40.6 Å². The third-order valence-electron chi connectivity index (χ3n) is 3.79. The molecule has 4 aromatic rings. The lowest BCUT2D eigenvalue weighted by molar-refractivity contribution is -0.384. The van der Waals surface area contributed by atoms with Crippen molar-refractivity contribution < 1.29 is 13.9 Å². The van der Waals surface area contributed by atoms with Crippen LogP contribution in [0.25, 0.3) is 11.3 Å². The molecule has 0 saturated heterocycles. The molecule has 2 heterocycles. The van der Waals surface area contributed by atoms with E-state index in [-0.39, 0.29) is 39.5 Å². The zero-order valence-electron chi connectivity index (χ0n) is 14.8. The van der Waals surface area contributed by atoms with Gasteiger partial charge >= 0.3 is 0 Å². The van der Waals surface area contributed by atoms with Crippen LogP contribution in [0.1, 0.15) is 5.56 Å². The van der Waals surface area contributed by atoms with Crippen LogP contribution in [0.2, 0.25) is 5.02 Å². The van der Waals surface area contributed by atoms with E-state index in [0.717, 1.165) is 0 Å². The smallest absolute Gasteiger partial charge is 0.270 e. The summed E-state index contributed by atoms with van der Waals surface area (Å²) in [7, 11) is 0. The van der Waals surface area contributed by atoms with E-state index in [1.54, 1.807) is 0 Å². The lowest BCUT2D eigenvalue weighted by atomic mass is 10.2. The van der Waals surface area contributed by atoms with E-state index in [2.05, 4.69) is 40.8 Å². The van der Waals surface area contributed by atoms with Crippen molar-refractivity contribution in [1.82, 2.24) is 20.3 Å². The first-order valence-corrected chi connectivity index (χ1v) is 8.63. The molecule has 4 rings (SSSR count). The molecule has 150 valence electrons. The number of hydrazone groups is 1. The maximum atomic E-state index is 13.1. The van der Waals surface area contributed by atoms with Crippen LogP contribution >= 0.6 is 11.6 Å². The number of nitrogens with zero attached hydrogens (tertiary/aromatic N) is 6. The molecule has 0 aliphatic carbocycles. The fourth-order valence-electron chi connectivity index (χ4n) is 2.38. The molecule has 0 radical (unpaired) electrons. The van der Waals surface area contributed by atoms with Crippen molar-refractivity contribution in [3.63, 3.8) is 0 Å². The van der Waals surface area contributed by atoms with Crippen LogP contribution in [0.15, 0.2) is 52.2 Å². The second-order valence-corrected chi connectivity index (χ2v) is 6.20. The van der Waals surface area contributed by atoms with Gasteiger partial charge in [0, 0.05) is 28.4 Å². The van der Waals surface area contributed by atoms with Gasteiger partial charge in [0.15, 0.2) is 11.6 Å². The fourth-order valence-corrected chi connectivity index (χ4v) is 2.55. The lowest BCUT2D eigenvalue weighted by Gasteiger charge is -2.09. The van der Waals surface area contributed by atoms with Crippen LogP contribution in [0.4, 0.5) is 27.4 Å². The van der Waals surface area contributed by atoms with E-state index in [1.807, 2.05) is 0 Å². The van der Waals surface area contributed by atoms with Gasteiger partial charge < -0.3 is 5.32 Å². The summed E-state index contributed by atoms with van der Waals surface area (Å²) < 4.78 is 17.8. The highest BCUT2D eigenvalue weighted by Crippen LogP contribution is 2.24. The molecule has 2 aromatic carbocycles. The highest BCUT2D eigenvalue weighted by molar-refractivity contribution is 6.33. The summed E-state index contributed by atoms with van der Waals surface area (Å²) in [6.07, 6.45) is 1.30. The van der Waals surface area contributed by atoms with Crippen molar-refractivity contribution in [3.05, 3.63) is 69.0 Å². The van der Waals surface area contributed by atoms with Gasteiger partial charge in [0.25, 0.3) is 5.69 Å². The third-order valence-corrected chi connectivity index (χ3v) is 4.13. The minimum atomic E-state index is -0.539. The number of nitro benzene ring substituents is 1. The van der Waals surface area contributed by atoms with Crippen molar-refractivity contribution >= 4 is 52.1 Å². The quantitative estimate of drug-likeness (QED) is 0.265. The number of aromatic nitrogens is 4. The average Bonchev–Trinajstić information content (AvgIpc) is 3.18. The number of non-ortho nitro benzene ring substituents is 1. The first-order chi connectivity index (χ1) is 14.5. The molecule has 2 N–H and O–H groups in total. The van der Waals surface area contributed by atoms with Gasteiger partial charge in [0.05, 0.1) is 11.1 Å². The van der Waals surface area contributed by atoms with Gasteiger partial charge in [0.2, 0.25) is 11.3 Å². The molecule has 0 spiro atoms. The molecule has 13 heteroatoms. The van der Waals surface area contributed by atoms with E-state index in [9.17, 15) is 14.5 Å². The Balaban J connectivity index is 1.63. The van der Waals surface area contributed by atoms with Crippen LogP contribution < -0.4 is 10.7 Å². The standard InChI is InChI=1S/C17H10ClFN8O3/c18-13-6-5-12(27(28)29)7-9(13)8-20-24-15-14(21-11-3-1-10(19)2-4-11)22-16-17(23-15)26-30-25-16/h1-8H,(H,21,22,25)(H,23,24,26)/b20-8+. The molecule has 0 fully saturated rings. The number of rotatable bonds is 6. The van der Waals surface area contributed by atoms with Crippen LogP contribution in [0.3, 0.4) is 0 Å². The number of benzene rings is 2. The van der Waals surface area contributed by atoms with Crippen LogP contribution in [-0.2, 0) is 0 Å². The van der Waals surface area contributed by atoms with Crippen molar-refractivity contribution in [2.45, 2.75) is 0 Å². The summed E-state index contributed by atoms with van der Waals surface area (Å²) in [5.74, 6) is -0.0213. The van der Waals surface area contributed by atoms with Crippen LogP contribution in [-0.4, -0.2) is 31.4 Å². The molecule has 0 amide bonds. The molecule has 0 aliphatic heterocycles. The number of hydrogen-bond acceptors (Lipinski definition) is 10. The highest BCUT2D eigenvalue weighted by Gasteiger charge is 2.13. The third kappa shape index (κ3) is 4.12. The lowest BCUT2D eigenvalue weighted by Crippen LogP contribution is -2.03. The minimum Gasteiger partial charge on any atom is -0.337 e. The molecule has 0 unspecified atom stereocenters. The van der Waals surface area contributed by atoms with E-state index in [1.165, 1.54) is 48.7 Å². The maximum Gasteiger partial charge on any atom is 0.270 e. The molecule has 0 atom stereocenters. The van der Waals surface area contributed by atoms with Gasteiger partial charge in [0.1, 0.15) is 5.82 Å². The summed E-state index contributed by atoms with van der Waals surface area (Å²) in [5, 5.41) is 25.4. The Bertz CT molecular complexity index is 1260. The molecule has 30 heavy (non-hydrogen) atoms. The van der Waals surface area contributed by atoms with Crippen molar-refractivity contribution in [1.29, 1.82) is 0 Å². The van der Waals surface area contributed by atoms with Crippen LogP contribution in [0, 0.1) is 15.9 Å². The van der Waals surface area contributed by atoms with Gasteiger partial charge in [-0.1, -0.05) is 11.6 Å². The predicted molar refractivity (Wildman–Crippen MR) is 106 cm³/mol. The minimum absolute atomic E-state index is 0.130. The monoisotopic (exact) mass is 428 g/mol. The maximum absolute atomic E-state index is 13.1. The second-order valence-electron chi connectivity index (χ2n) is 5.80. The summed E-state index contributed by atoms with van der Waals surface area (Å²) in [4.78, 5) is 18.9. The molecule has 0 aliphatic rings. The van der Waals surface area contributed by atoms with E-state index >= 15 is 0 Å². The zero-order chi connectivity index (χ0) is 21.1. The Morgan fingerprint density at radius 3 is 2.50 bits per heavy atom. The van der Waals surface area contributed by atoms with Crippen LogP contribution in [0.5, 0.6) is 0 Å². The fraction of sp³-hybridized carbons (Fsp3) is 0. The van der Waals surface area contributed by atoms with E-state index < -0.39 is 4.92 Å². The summed E-state index contributed by atoms with van der Waals surface area (Å²) in [6, 6.07) is 9.55. The van der Waals surface area contributed by atoms with Crippen molar-refractivity contribution in [2.24, 2.45) is 5.10 Å². The Labute approximate surface area is 171 Å². The van der Waals surface area contributed by atoms with E-state index in [4.69, 9.17) is 11.6 Å². The summed E-state index contributed by atoms with van der Waals surface area (Å²) in [5.41, 5.74) is 3.68. The van der Waals surface area contributed by atoms with Gasteiger partial charge in [-0.15, -0.1) is 0 Å². The Hall–Kier alpha value is -4.19. The first-order valence-electron chi connectivity index (χ1n) is 8.25. The van der Waals surface area contributed by atoms with Gasteiger partial charge in [-0.25, -0.2) is 14.0 Å². The van der Waals surface area contributed by atoms with Crippen molar-refractivity contribution in [2.75, 3.05) is 10.7 Å². The zero-order valence-corrected chi connectivity index (χ0v) is 15.5. The molecular formula is C17H10ClFN8O3. The average molecular weight is 429 g/mol. The molecule has 0 saturated carbocycles. The molecule has 11 nitrogen and oxygen atoms in total. The molecular weight excluding hydrogens is 419 g/mol. The normalized spacial score (nSPS) is 11.1. The predicted octanol–water partition coefficient (Wildman–Crippen LogP) is 3.90. The summed E-state index contributed by atoms with van der Waals surface area (Å²) in [6.45, 7) is 0. The molecule has 2 aromatic heterocycles. The number of anilines is 3. The Kier molecular flexibility index (Phi) is 5.13. The Morgan fingerprint density at radius 2 is 1.80 bits per heavy atom. The number of fused-ring (bicyclic) bond motifs is 1. The number of nitro groups is 1. The van der Waals surface area contributed by atoms with Gasteiger partial charge in [-0.3, -0.25) is 15.5 Å². The largest absolute Gasteiger partial charge is 0.337 e. The highest BCUT2D eigenvalue weighted by atomic mass is 35.5. The second kappa shape index (κ2) is 8.05. The SMILES string of the molecule is O=[N+]([O-])c1ccc(Cl)c(/C=N/Nc2nc3nonc3nc2Nc2ccc(F)cc2)c1. The first kappa shape index (κ1) is 19.1. The summed E-state index contributed by atoms with van der Waals surface area (Å²) >= 11 is 6.05. The molecule has 0 bridgehead atoms. The van der Waals surface area contributed by atoms with Gasteiger partial charge in [-0.2, -0.15) is 10.1 Å². The number of halogens is 2. The van der Waals surface area contributed by atoms with E-state index in [0.29, 0.717) is 11.3 Å². The number of hydrogen-bond donors (Lipinski definition) is 2. The number of nitrogens with one attached hydrogen (secondary N) is 2.